The van der Waals surface area contributed by atoms with Crippen molar-refractivity contribution in [2.75, 3.05) is 0 Å². The quantitative estimate of drug-likeness (QED) is 0.394. The van der Waals surface area contributed by atoms with Gasteiger partial charge in [-0.25, -0.2) is 0 Å². The molecule has 0 saturated carbocycles. The first-order valence-corrected chi connectivity index (χ1v) is 10.5. The molecule has 0 aliphatic carbocycles. The molecule has 3 aromatic carbocycles. The van der Waals surface area contributed by atoms with Crippen molar-refractivity contribution in [3.63, 3.8) is 0 Å². The molecule has 6 heteroatoms. The third-order valence-electron chi connectivity index (χ3n) is 5.55. The summed E-state index contributed by atoms with van der Waals surface area (Å²) in [4.78, 5) is 18.9. The van der Waals surface area contributed by atoms with Crippen molar-refractivity contribution in [3.05, 3.63) is 101 Å². The minimum atomic E-state index is -2.49. The van der Waals surface area contributed by atoms with Crippen molar-refractivity contribution < 1.29 is 14.3 Å². The van der Waals surface area contributed by atoms with E-state index >= 15 is 0 Å². The van der Waals surface area contributed by atoms with Gasteiger partial charge in [0.25, 0.3) is 0 Å². The van der Waals surface area contributed by atoms with E-state index < -0.39 is 8.60 Å². The molecule has 2 N–H and O–H groups in total. The first-order chi connectivity index (χ1) is 13.2. The SMILES string of the molecule is CC(C)(c1ccccc1)c1ccc(OP(O)O)c(C(C)(C)c2ccccc2)c1.Cl.Cl. The number of hydrogen-bond donors (Lipinski definition) is 2. The lowest BCUT2D eigenvalue weighted by molar-refractivity contribution is 0.370. The van der Waals surface area contributed by atoms with Crippen LogP contribution >= 0.6 is 33.4 Å². The topological polar surface area (TPSA) is 49.7 Å². The van der Waals surface area contributed by atoms with Gasteiger partial charge >= 0.3 is 8.60 Å². The average Bonchev–Trinajstić information content (AvgIpc) is 2.69. The first kappa shape index (κ1) is 26.4. The van der Waals surface area contributed by atoms with Gasteiger partial charge in [-0.1, -0.05) is 100 Å². The molecule has 0 unspecified atom stereocenters. The van der Waals surface area contributed by atoms with Crippen LogP contribution in [0.3, 0.4) is 0 Å². The van der Waals surface area contributed by atoms with Crippen LogP contribution < -0.4 is 4.52 Å². The highest BCUT2D eigenvalue weighted by molar-refractivity contribution is 7.39. The van der Waals surface area contributed by atoms with Crippen molar-refractivity contribution in [2.24, 2.45) is 0 Å². The average molecular weight is 467 g/mol. The van der Waals surface area contributed by atoms with Gasteiger partial charge in [0.1, 0.15) is 5.75 Å². The van der Waals surface area contributed by atoms with E-state index in [4.69, 9.17) is 4.52 Å². The third-order valence-corrected chi connectivity index (χ3v) is 5.91. The van der Waals surface area contributed by atoms with E-state index in [9.17, 15) is 9.79 Å². The molecule has 0 radical (unpaired) electrons. The van der Waals surface area contributed by atoms with Crippen molar-refractivity contribution in [1.29, 1.82) is 0 Å². The third kappa shape index (κ3) is 5.55. The lowest BCUT2D eigenvalue weighted by Crippen LogP contribution is -2.23. The van der Waals surface area contributed by atoms with Crippen LogP contribution in [0.5, 0.6) is 5.75 Å². The molecule has 0 bridgehead atoms. The number of hydrogen-bond acceptors (Lipinski definition) is 3. The van der Waals surface area contributed by atoms with Crippen molar-refractivity contribution in [1.82, 2.24) is 0 Å². The van der Waals surface area contributed by atoms with Gasteiger partial charge in [0.2, 0.25) is 0 Å². The molecule has 0 spiro atoms. The van der Waals surface area contributed by atoms with E-state index in [1.54, 1.807) is 0 Å². The largest absolute Gasteiger partial charge is 0.427 e. The highest BCUT2D eigenvalue weighted by Crippen LogP contribution is 2.43. The molecule has 0 saturated heterocycles. The monoisotopic (exact) mass is 466 g/mol. The van der Waals surface area contributed by atoms with Crippen molar-refractivity contribution in [3.8, 4) is 5.75 Å². The molecule has 3 nitrogen and oxygen atoms in total. The van der Waals surface area contributed by atoms with Gasteiger partial charge in [0, 0.05) is 16.4 Å². The van der Waals surface area contributed by atoms with Crippen molar-refractivity contribution >= 4 is 33.4 Å². The Hall–Kier alpha value is -1.61. The minimum Gasteiger partial charge on any atom is -0.427 e. The fourth-order valence-electron chi connectivity index (χ4n) is 3.61. The van der Waals surface area contributed by atoms with E-state index in [2.05, 4.69) is 58.0 Å². The second-order valence-corrected chi connectivity index (χ2v) is 8.73. The molecule has 0 amide bonds. The summed E-state index contributed by atoms with van der Waals surface area (Å²) in [7, 11) is -2.49. The molecule has 162 valence electrons. The molecule has 0 aromatic heterocycles. The standard InChI is InChI=1S/C24H27O3P.2ClH/c1-23(2,18-11-7-5-8-12-18)20-15-16-22(27-28(25)26)21(17-20)24(3,4)19-13-9-6-10-14-19;;/h5-17,25-26H,1-4H3;2*1H. The number of benzene rings is 3. The molecule has 0 heterocycles. The fraction of sp³-hybridized carbons (Fsp3) is 0.250. The molecule has 0 aliphatic rings. The highest BCUT2D eigenvalue weighted by Gasteiger charge is 2.31. The lowest BCUT2D eigenvalue weighted by atomic mass is 9.73. The summed E-state index contributed by atoms with van der Waals surface area (Å²) in [6.07, 6.45) is 0. The maximum atomic E-state index is 9.47. The second-order valence-electron chi connectivity index (χ2n) is 8.04. The summed E-state index contributed by atoms with van der Waals surface area (Å²) >= 11 is 0. The van der Waals surface area contributed by atoms with E-state index in [1.807, 2.05) is 48.5 Å². The predicted molar refractivity (Wildman–Crippen MR) is 130 cm³/mol. The molecule has 3 rings (SSSR count). The van der Waals surface area contributed by atoms with E-state index in [1.165, 1.54) is 5.56 Å². The summed E-state index contributed by atoms with van der Waals surface area (Å²) in [5.74, 6) is 0.498. The molecule has 3 aromatic rings. The number of halogens is 2. The fourth-order valence-corrected chi connectivity index (χ4v) is 3.94. The maximum Gasteiger partial charge on any atom is 0.391 e. The minimum absolute atomic E-state index is 0. The Bertz CT molecular complexity index is 930. The zero-order chi connectivity index (χ0) is 20.4. The van der Waals surface area contributed by atoms with Crippen molar-refractivity contribution in [2.45, 2.75) is 38.5 Å². The van der Waals surface area contributed by atoms with Gasteiger partial charge in [-0.3, -0.25) is 0 Å². The Kier molecular flexibility index (Phi) is 9.35. The molecule has 0 fully saturated rings. The summed E-state index contributed by atoms with van der Waals surface area (Å²) in [6, 6.07) is 26.6. The van der Waals surface area contributed by atoms with Crippen LogP contribution in [0.1, 0.15) is 49.9 Å². The smallest absolute Gasteiger partial charge is 0.391 e. The van der Waals surface area contributed by atoms with E-state index in [0.717, 1.165) is 16.7 Å². The van der Waals surface area contributed by atoms with E-state index in [-0.39, 0.29) is 35.6 Å². The zero-order valence-corrected chi connectivity index (χ0v) is 20.1. The summed E-state index contributed by atoms with van der Waals surface area (Å²) < 4.78 is 5.40. The number of rotatable bonds is 6. The molecule has 30 heavy (non-hydrogen) atoms. The van der Waals surface area contributed by atoms with Crippen LogP contribution in [0.15, 0.2) is 78.9 Å². The van der Waals surface area contributed by atoms with Gasteiger partial charge < -0.3 is 14.3 Å². The second kappa shape index (κ2) is 10.6. The lowest BCUT2D eigenvalue weighted by Gasteiger charge is -2.32. The summed E-state index contributed by atoms with van der Waals surface area (Å²) in [5.41, 5.74) is 3.85. The zero-order valence-electron chi connectivity index (χ0n) is 17.6. The Morgan fingerprint density at radius 2 is 1.10 bits per heavy atom. The van der Waals surface area contributed by atoms with Gasteiger partial charge in [-0.05, 0) is 22.8 Å². The highest BCUT2D eigenvalue weighted by atomic mass is 35.5. The Labute approximate surface area is 193 Å². The van der Waals surface area contributed by atoms with E-state index in [0.29, 0.717) is 5.75 Å². The summed E-state index contributed by atoms with van der Waals surface area (Å²) in [6.45, 7) is 8.65. The molecular weight excluding hydrogens is 438 g/mol. The van der Waals surface area contributed by atoms with Crippen LogP contribution in [0.25, 0.3) is 0 Å². The Morgan fingerprint density at radius 3 is 1.57 bits per heavy atom. The predicted octanol–water partition coefficient (Wildman–Crippen LogP) is 6.77. The Balaban J connectivity index is 0.00000225. The van der Waals surface area contributed by atoms with Crippen LogP contribution in [-0.2, 0) is 10.8 Å². The van der Waals surface area contributed by atoms with Crippen LogP contribution in [0, 0.1) is 0 Å². The maximum absolute atomic E-state index is 9.47. The molecule has 0 aliphatic heterocycles. The van der Waals surface area contributed by atoms with Crippen LogP contribution in [0.2, 0.25) is 0 Å². The molecular formula is C24H29Cl2O3P. The van der Waals surface area contributed by atoms with Crippen LogP contribution in [-0.4, -0.2) is 9.79 Å². The first-order valence-electron chi connectivity index (χ1n) is 9.35. The van der Waals surface area contributed by atoms with Gasteiger partial charge in [-0.2, -0.15) is 0 Å². The van der Waals surface area contributed by atoms with Gasteiger partial charge in [0.05, 0.1) is 0 Å². The Morgan fingerprint density at radius 1 is 0.633 bits per heavy atom. The summed E-state index contributed by atoms with van der Waals surface area (Å²) in [5, 5.41) is 0. The van der Waals surface area contributed by atoms with Gasteiger partial charge in [-0.15, -0.1) is 24.8 Å². The molecule has 0 atom stereocenters. The normalized spacial score (nSPS) is 11.4. The van der Waals surface area contributed by atoms with Crippen LogP contribution in [0.4, 0.5) is 0 Å². The van der Waals surface area contributed by atoms with Gasteiger partial charge in [0.15, 0.2) is 0 Å².